The number of aryl methyl sites for hydroxylation is 1. The second-order valence-corrected chi connectivity index (χ2v) is 8.73. The van der Waals surface area contributed by atoms with E-state index in [1.54, 1.807) is 24.3 Å². The third-order valence-electron chi connectivity index (χ3n) is 6.58. The zero-order valence-corrected chi connectivity index (χ0v) is 19.3. The Bertz CT molecular complexity index is 1500. The number of hydrogen-bond donors (Lipinski definition) is 2. The Kier molecular flexibility index (Phi) is 4.78. The second kappa shape index (κ2) is 7.87. The first-order chi connectivity index (χ1) is 17.0. The van der Waals surface area contributed by atoms with Crippen LogP contribution in [0, 0.1) is 12.7 Å². The zero-order valence-electron chi connectivity index (χ0n) is 19.3. The van der Waals surface area contributed by atoms with Gasteiger partial charge in [-0.25, -0.2) is 9.18 Å². The molecule has 0 saturated heterocycles. The SMILES string of the molecule is CCNc1cc2c(cc1C)C1(OC(=O)c3ccccc31)c1cc(Nc3ccccc3F)ccc1O2. The smallest absolute Gasteiger partial charge is 0.340 e. The maximum Gasteiger partial charge on any atom is 0.340 e. The van der Waals surface area contributed by atoms with Crippen LogP contribution in [0.25, 0.3) is 0 Å². The van der Waals surface area contributed by atoms with Crippen LogP contribution < -0.4 is 15.4 Å². The van der Waals surface area contributed by atoms with Crippen LogP contribution in [0.5, 0.6) is 11.5 Å². The highest BCUT2D eigenvalue weighted by Gasteiger charge is 2.53. The van der Waals surface area contributed by atoms with Gasteiger partial charge in [0.2, 0.25) is 0 Å². The quantitative estimate of drug-likeness (QED) is 0.321. The number of fused-ring (bicyclic) bond motifs is 6. The summed E-state index contributed by atoms with van der Waals surface area (Å²) in [6.45, 7) is 4.82. The van der Waals surface area contributed by atoms with Crippen LogP contribution in [0.2, 0.25) is 0 Å². The Morgan fingerprint density at radius 3 is 2.46 bits per heavy atom. The highest BCUT2D eigenvalue weighted by atomic mass is 19.1. The van der Waals surface area contributed by atoms with Crippen molar-refractivity contribution in [1.29, 1.82) is 0 Å². The summed E-state index contributed by atoms with van der Waals surface area (Å²) in [5.41, 5.74) is 4.51. The van der Waals surface area contributed by atoms with Gasteiger partial charge in [-0.15, -0.1) is 0 Å². The van der Waals surface area contributed by atoms with Gasteiger partial charge in [0.1, 0.15) is 17.3 Å². The van der Waals surface area contributed by atoms with Crippen molar-refractivity contribution in [3.63, 3.8) is 0 Å². The molecule has 4 aromatic carbocycles. The van der Waals surface area contributed by atoms with Gasteiger partial charge < -0.3 is 20.1 Å². The Balaban J connectivity index is 1.58. The van der Waals surface area contributed by atoms with Crippen LogP contribution in [-0.2, 0) is 10.3 Å². The molecule has 0 radical (unpaired) electrons. The second-order valence-electron chi connectivity index (χ2n) is 8.73. The molecular formula is C29H23FN2O3. The first kappa shape index (κ1) is 21.2. The minimum atomic E-state index is -1.18. The number of anilines is 3. The number of carbonyl (C=O) groups excluding carboxylic acids is 1. The molecule has 6 heteroatoms. The number of ether oxygens (including phenoxy) is 2. The highest BCUT2D eigenvalue weighted by molar-refractivity contribution is 5.97. The average molecular weight is 467 g/mol. The number of hydrogen-bond acceptors (Lipinski definition) is 5. The normalized spacial score (nSPS) is 17.2. The monoisotopic (exact) mass is 466 g/mol. The number of benzene rings is 4. The summed E-state index contributed by atoms with van der Waals surface area (Å²) in [7, 11) is 0. The fourth-order valence-corrected chi connectivity index (χ4v) is 5.00. The molecule has 2 aliphatic heterocycles. The Morgan fingerprint density at radius 2 is 1.63 bits per heavy atom. The molecule has 0 aromatic heterocycles. The highest BCUT2D eigenvalue weighted by Crippen LogP contribution is 2.57. The van der Waals surface area contributed by atoms with Crippen molar-refractivity contribution in [2.45, 2.75) is 19.4 Å². The summed E-state index contributed by atoms with van der Waals surface area (Å²) in [5, 5.41) is 6.51. The van der Waals surface area contributed by atoms with Gasteiger partial charge in [-0.2, -0.15) is 0 Å². The fraction of sp³-hybridized carbons (Fsp3) is 0.138. The van der Waals surface area contributed by atoms with Crippen LogP contribution in [-0.4, -0.2) is 12.5 Å². The van der Waals surface area contributed by atoms with E-state index in [1.807, 2.05) is 62.4 Å². The van der Waals surface area contributed by atoms with Crippen LogP contribution in [0.4, 0.5) is 21.5 Å². The Labute approximate surface area is 202 Å². The van der Waals surface area contributed by atoms with E-state index in [4.69, 9.17) is 9.47 Å². The van der Waals surface area contributed by atoms with E-state index in [0.29, 0.717) is 34.0 Å². The molecule has 0 bridgehead atoms. The maximum atomic E-state index is 14.3. The molecular weight excluding hydrogens is 443 g/mol. The molecule has 2 N–H and O–H groups in total. The summed E-state index contributed by atoms with van der Waals surface area (Å²) >= 11 is 0. The van der Waals surface area contributed by atoms with Gasteiger partial charge in [-0.1, -0.05) is 30.3 Å². The van der Waals surface area contributed by atoms with Crippen molar-refractivity contribution in [3.8, 4) is 11.5 Å². The molecule has 1 unspecified atom stereocenters. The van der Waals surface area contributed by atoms with Crippen molar-refractivity contribution < 1.29 is 18.7 Å². The van der Waals surface area contributed by atoms with Gasteiger partial charge in [-0.05, 0) is 61.9 Å². The number of esters is 1. The summed E-state index contributed by atoms with van der Waals surface area (Å²) in [5.74, 6) is 0.455. The lowest BCUT2D eigenvalue weighted by atomic mass is 9.77. The maximum absolute atomic E-state index is 14.3. The Morgan fingerprint density at radius 1 is 0.857 bits per heavy atom. The third-order valence-corrected chi connectivity index (χ3v) is 6.58. The fourth-order valence-electron chi connectivity index (χ4n) is 5.00. The van der Waals surface area contributed by atoms with E-state index < -0.39 is 5.60 Å². The molecule has 1 atom stereocenters. The molecule has 4 aromatic rings. The van der Waals surface area contributed by atoms with Gasteiger partial charge >= 0.3 is 5.97 Å². The van der Waals surface area contributed by atoms with Gasteiger partial charge in [0.15, 0.2) is 5.60 Å². The first-order valence-electron chi connectivity index (χ1n) is 11.6. The van der Waals surface area contributed by atoms with Gasteiger partial charge in [-0.3, -0.25) is 0 Å². The summed E-state index contributed by atoms with van der Waals surface area (Å²) in [6.07, 6.45) is 0. The predicted molar refractivity (Wildman–Crippen MR) is 133 cm³/mol. The van der Waals surface area contributed by atoms with Crippen LogP contribution in [0.1, 0.15) is 39.5 Å². The van der Waals surface area contributed by atoms with Crippen LogP contribution in [0.15, 0.2) is 78.9 Å². The minimum Gasteiger partial charge on any atom is -0.456 e. The number of halogens is 1. The van der Waals surface area contributed by atoms with E-state index in [1.165, 1.54) is 6.07 Å². The van der Waals surface area contributed by atoms with Crippen molar-refractivity contribution >= 4 is 23.0 Å². The molecule has 2 heterocycles. The molecule has 0 amide bonds. The summed E-state index contributed by atoms with van der Waals surface area (Å²) in [4.78, 5) is 13.1. The summed E-state index contributed by atoms with van der Waals surface area (Å²) < 4.78 is 26.9. The first-order valence-corrected chi connectivity index (χ1v) is 11.6. The lowest BCUT2D eigenvalue weighted by Crippen LogP contribution is -2.33. The number of rotatable bonds is 4. The molecule has 6 rings (SSSR count). The van der Waals surface area contributed by atoms with E-state index >= 15 is 0 Å². The topological polar surface area (TPSA) is 59.6 Å². The zero-order chi connectivity index (χ0) is 24.2. The van der Waals surface area contributed by atoms with E-state index in [0.717, 1.165) is 28.9 Å². The van der Waals surface area contributed by atoms with Crippen molar-refractivity contribution in [2.24, 2.45) is 0 Å². The van der Waals surface area contributed by atoms with E-state index in [2.05, 4.69) is 10.6 Å². The lowest BCUT2D eigenvalue weighted by Gasteiger charge is -2.37. The lowest BCUT2D eigenvalue weighted by molar-refractivity contribution is 0.0224. The molecule has 1 spiro atoms. The molecule has 35 heavy (non-hydrogen) atoms. The van der Waals surface area contributed by atoms with E-state index in [9.17, 15) is 9.18 Å². The molecule has 0 fully saturated rings. The average Bonchev–Trinajstić information content (AvgIpc) is 3.16. The standard InChI is InChI=1S/C29H23FN2O3/c1-3-31-25-16-27-21(14-17(25)2)29(20-9-5-4-8-19(20)28(33)35-29)22-15-18(12-13-26(22)34-27)32-24-11-7-6-10-23(24)30/h4-16,31-32H,3H2,1-2H3. The molecule has 5 nitrogen and oxygen atoms in total. The van der Waals surface area contributed by atoms with Gasteiger partial charge in [0, 0.05) is 40.7 Å². The minimum absolute atomic E-state index is 0.355. The number of para-hydroxylation sites is 1. The number of carbonyl (C=O) groups is 1. The Hall–Kier alpha value is -4.32. The molecule has 0 aliphatic carbocycles. The van der Waals surface area contributed by atoms with Crippen LogP contribution >= 0.6 is 0 Å². The largest absolute Gasteiger partial charge is 0.456 e. The van der Waals surface area contributed by atoms with E-state index in [-0.39, 0.29) is 11.8 Å². The van der Waals surface area contributed by atoms with Crippen LogP contribution in [0.3, 0.4) is 0 Å². The summed E-state index contributed by atoms with van der Waals surface area (Å²) in [6, 6.07) is 23.4. The predicted octanol–water partition coefficient (Wildman–Crippen LogP) is 6.88. The van der Waals surface area contributed by atoms with Crippen molar-refractivity contribution in [3.05, 3.63) is 112 Å². The van der Waals surface area contributed by atoms with Crippen molar-refractivity contribution in [1.82, 2.24) is 0 Å². The van der Waals surface area contributed by atoms with Gasteiger partial charge in [0.05, 0.1) is 11.3 Å². The third kappa shape index (κ3) is 3.17. The molecule has 174 valence electrons. The van der Waals surface area contributed by atoms with Gasteiger partial charge in [0.25, 0.3) is 0 Å². The number of nitrogens with one attached hydrogen (secondary N) is 2. The molecule has 0 saturated carbocycles. The molecule has 2 aliphatic rings. The van der Waals surface area contributed by atoms with Crippen molar-refractivity contribution in [2.75, 3.05) is 17.2 Å².